The second kappa shape index (κ2) is 8.54. The fraction of sp³-hybridized carbons (Fsp3) is 0.375. The first-order valence-corrected chi connectivity index (χ1v) is 8.33. The van der Waals surface area contributed by atoms with Gasteiger partial charge in [0.2, 0.25) is 5.88 Å². The van der Waals surface area contributed by atoms with Crippen molar-refractivity contribution in [2.75, 3.05) is 20.3 Å². The summed E-state index contributed by atoms with van der Waals surface area (Å²) in [5.74, 6) is -1.02. The molecule has 1 unspecified atom stereocenters. The SMILES string of the molecule is COCCOc1cc(C(=O)NC(C)c2nc(C)c(C(=O)O)s2)ccn1. The number of carboxylic acids is 1. The van der Waals surface area contributed by atoms with E-state index in [1.807, 2.05) is 0 Å². The first-order chi connectivity index (χ1) is 11.9. The number of thiazole rings is 1. The van der Waals surface area contributed by atoms with Crippen LogP contribution in [0.5, 0.6) is 5.88 Å². The van der Waals surface area contributed by atoms with Crippen LogP contribution < -0.4 is 10.1 Å². The number of pyridine rings is 1. The van der Waals surface area contributed by atoms with Crippen molar-refractivity contribution in [2.45, 2.75) is 19.9 Å². The highest BCUT2D eigenvalue weighted by atomic mass is 32.1. The molecule has 2 aromatic rings. The van der Waals surface area contributed by atoms with E-state index in [0.717, 1.165) is 11.3 Å². The molecule has 0 radical (unpaired) electrons. The predicted molar refractivity (Wildman–Crippen MR) is 91.3 cm³/mol. The highest BCUT2D eigenvalue weighted by Gasteiger charge is 2.20. The number of carbonyl (C=O) groups excluding carboxylic acids is 1. The number of rotatable bonds is 8. The van der Waals surface area contributed by atoms with Gasteiger partial charge in [0.15, 0.2) is 0 Å². The van der Waals surface area contributed by atoms with Crippen LogP contribution in [-0.4, -0.2) is 47.3 Å². The van der Waals surface area contributed by atoms with Gasteiger partial charge in [-0.15, -0.1) is 11.3 Å². The van der Waals surface area contributed by atoms with Gasteiger partial charge in [-0.2, -0.15) is 0 Å². The first-order valence-electron chi connectivity index (χ1n) is 7.51. The lowest BCUT2D eigenvalue weighted by Crippen LogP contribution is -2.26. The molecule has 2 aromatic heterocycles. The topological polar surface area (TPSA) is 111 Å². The number of aromatic nitrogens is 2. The second-order valence-corrected chi connectivity index (χ2v) is 6.22. The summed E-state index contributed by atoms with van der Waals surface area (Å²) in [5, 5.41) is 12.4. The zero-order chi connectivity index (χ0) is 18.4. The van der Waals surface area contributed by atoms with Gasteiger partial charge < -0.3 is 19.9 Å². The number of nitrogens with zero attached hydrogens (tertiary/aromatic N) is 2. The molecule has 134 valence electrons. The summed E-state index contributed by atoms with van der Waals surface area (Å²) in [6.45, 7) is 4.13. The van der Waals surface area contributed by atoms with Crippen molar-refractivity contribution < 1.29 is 24.2 Å². The highest BCUT2D eigenvalue weighted by Crippen LogP contribution is 2.24. The quantitative estimate of drug-likeness (QED) is 0.689. The van der Waals surface area contributed by atoms with Crippen molar-refractivity contribution in [3.05, 3.63) is 39.5 Å². The maximum atomic E-state index is 12.4. The Labute approximate surface area is 148 Å². The van der Waals surface area contributed by atoms with Crippen molar-refractivity contribution in [1.82, 2.24) is 15.3 Å². The summed E-state index contributed by atoms with van der Waals surface area (Å²) in [7, 11) is 1.57. The number of hydrogen-bond acceptors (Lipinski definition) is 7. The lowest BCUT2D eigenvalue weighted by atomic mass is 10.2. The number of carbonyl (C=O) groups is 2. The zero-order valence-electron chi connectivity index (χ0n) is 14.1. The number of nitrogens with one attached hydrogen (secondary N) is 1. The minimum atomic E-state index is -1.02. The molecule has 1 atom stereocenters. The zero-order valence-corrected chi connectivity index (χ0v) is 14.9. The minimum Gasteiger partial charge on any atom is -0.477 e. The van der Waals surface area contributed by atoms with Crippen molar-refractivity contribution in [3.8, 4) is 5.88 Å². The molecule has 2 rings (SSSR count). The van der Waals surface area contributed by atoms with Gasteiger partial charge in [0.25, 0.3) is 5.91 Å². The third kappa shape index (κ3) is 4.97. The molecule has 2 N–H and O–H groups in total. The van der Waals surface area contributed by atoms with Crippen molar-refractivity contribution in [1.29, 1.82) is 0 Å². The molecule has 0 aliphatic heterocycles. The number of ether oxygens (including phenoxy) is 2. The molecule has 0 aliphatic rings. The lowest BCUT2D eigenvalue weighted by Gasteiger charge is -2.12. The summed E-state index contributed by atoms with van der Waals surface area (Å²) in [6.07, 6.45) is 1.48. The van der Waals surface area contributed by atoms with Crippen LogP contribution in [-0.2, 0) is 4.74 Å². The maximum absolute atomic E-state index is 12.4. The van der Waals surface area contributed by atoms with Crippen LogP contribution in [0.4, 0.5) is 0 Å². The Morgan fingerprint density at radius 2 is 2.16 bits per heavy atom. The molecule has 0 saturated carbocycles. The summed E-state index contributed by atoms with van der Waals surface area (Å²) in [5.41, 5.74) is 0.826. The van der Waals surface area contributed by atoms with Crippen LogP contribution in [0.1, 0.15) is 43.7 Å². The van der Waals surface area contributed by atoms with Gasteiger partial charge in [-0.3, -0.25) is 4.79 Å². The Hall–Kier alpha value is -2.52. The standard InChI is InChI=1S/C16H19N3O5S/c1-9-13(16(21)22)25-15(19-9)10(2)18-14(20)11-4-5-17-12(8-11)24-7-6-23-3/h4-5,8,10H,6-7H2,1-3H3,(H,18,20)(H,21,22). The molecule has 25 heavy (non-hydrogen) atoms. The molecule has 0 bridgehead atoms. The van der Waals surface area contributed by atoms with Crippen LogP contribution in [0.3, 0.4) is 0 Å². The van der Waals surface area contributed by atoms with E-state index in [-0.39, 0.29) is 10.8 Å². The first kappa shape index (κ1) is 18.8. The number of aryl methyl sites for hydroxylation is 1. The van der Waals surface area contributed by atoms with Gasteiger partial charge in [0, 0.05) is 24.9 Å². The molecule has 1 amide bonds. The van der Waals surface area contributed by atoms with Crippen LogP contribution in [0, 0.1) is 6.92 Å². The summed E-state index contributed by atoms with van der Waals surface area (Å²) >= 11 is 1.05. The lowest BCUT2D eigenvalue weighted by molar-refractivity contribution is 0.0701. The highest BCUT2D eigenvalue weighted by molar-refractivity contribution is 7.13. The Kier molecular flexibility index (Phi) is 6.43. The van der Waals surface area contributed by atoms with Crippen LogP contribution >= 0.6 is 11.3 Å². The Bertz CT molecular complexity index is 762. The average Bonchev–Trinajstić information content (AvgIpc) is 2.97. The third-order valence-corrected chi connectivity index (χ3v) is 4.59. The van der Waals surface area contributed by atoms with Crippen molar-refractivity contribution in [2.24, 2.45) is 0 Å². The monoisotopic (exact) mass is 365 g/mol. The number of methoxy groups -OCH3 is 1. The molecule has 0 fully saturated rings. The molecule has 0 aromatic carbocycles. The molecule has 8 nitrogen and oxygen atoms in total. The van der Waals surface area contributed by atoms with Crippen molar-refractivity contribution >= 4 is 23.2 Å². The number of hydrogen-bond donors (Lipinski definition) is 2. The minimum absolute atomic E-state index is 0.175. The van der Waals surface area contributed by atoms with E-state index in [1.54, 1.807) is 27.0 Å². The fourth-order valence-electron chi connectivity index (χ4n) is 2.00. The van der Waals surface area contributed by atoms with Crippen molar-refractivity contribution in [3.63, 3.8) is 0 Å². The van der Waals surface area contributed by atoms with E-state index in [0.29, 0.717) is 35.4 Å². The normalized spacial score (nSPS) is 11.8. The maximum Gasteiger partial charge on any atom is 0.347 e. The Balaban J connectivity index is 2.04. The number of amides is 1. The molecule has 0 aliphatic carbocycles. The molecular weight excluding hydrogens is 346 g/mol. The Morgan fingerprint density at radius 3 is 2.80 bits per heavy atom. The average molecular weight is 365 g/mol. The molecular formula is C16H19N3O5S. The number of carboxylic acid groups (broad SMARTS) is 1. The van der Waals surface area contributed by atoms with E-state index >= 15 is 0 Å². The van der Waals surface area contributed by atoms with Crippen LogP contribution in [0.2, 0.25) is 0 Å². The summed E-state index contributed by atoms with van der Waals surface area (Å²) in [6, 6.07) is 2.68. The van der Waals surface area contributed by atoms with Gasteiger partial charge in [-0.1, -0.05) is 0 Å². The van der Waals surface area contributed by atoms with Crippen LogP contribution in [0.15, 0.2) is 18.3 Å². The third-order valence-electron chi connectivity index (χ3n) is 3.26. The smallest absolute Gasteiger partial charge is 0.347 e. The van der Waals surface area contributed by atoms with E-state index in [2.05, 4.69) is 15.3 Å². The largest absolute Gasteiger partial charge is 0.477 e. The molecule has 0 spiro atoms. The summed E-state index contributed by atoms with van der Waals surface area (Å²) < 4.78 is 10.3. The van der Waals surface area contributed by atoms with Gasteiger partial charge in [-0.05, 0) is 19.9 Å². The fourth-order valence-corrected chi connectivity index (χ4v) is 2.91. The van der Waals surface area contributed by atoms with Gasteiger partial charge in [0.05, 0.1) is 18.3 Å². The predicted octanol–water partition coefficient (Wildman–Crippen LogP) is 2.06. The molecule has 9 heteroatoms. The molecule has 2 heterocycles. The second-order valence-electron chi connectivity index (χ2n) is 5.19. The van der Waals surface area contributed by atoms with E-state index in [4.69, 9.17) is 14.6 Å². The Morgan fingerprint density at radius 1 is 1.40 bits per heavy atom. The van der Waals surface area contributed by atoms with Crippen LogP contribution in [0.25, 0.3) is 0 Å². The van der Waals surface area contributed by atoms with Gasteiger partial charge in [-0.25, -0.2) is 14.8 Å². The van der Waals surface area contributed by atoms with E-state index < -0.39 is 12.0 Å². The van der Waals surface area contributed by atoms with Gasteiger partial charge in [0.1, 0.15) is 16.5 Å². The molecule has 0 saturated heterocycles. The number of aromatic carboxylic acids is 1. The van der Waals surface area contributed by atoms with E-state index in [1.165, 1.54) is 12.3 Å². The van der Waals surface area contributed by atoms with E-state index in [9.17, 15) is 9.59 Å². The van der Waals surface area contributed by atoms with Gasteiger partial charge >= 0.3 is 5.97 Å². The summed E-state index contributed by atoms with van der Waals surface area (Å²) in [4.78, 5) is 31.9.